The normalized spacial score (nSPS) is 19.1. The van der Waals surface area contributed by atoms with Crippen molar-refractivity contribution in [2.24, 2.45) is 17.8 Å². The molecule has 1 unspecified atom stereocenters. The molecule has 0 spiro atoms. The van der Waals surface area contributed by atoms with Crippen molar-refractivity contribution < 1.29 is 51.2 Å². The predicted molar refractivity (Wildman–Crippen MR) is 168 cm³/mol. The van der Waals surface area contributed by atoms with Gasteiger partial charge in [0.2, 0.25) is 0 Å². The van der Waals surface area contributed by atoms with Crippen LogP contribution in [0.2, 0.25) is 0 Å². The summed E-state index contributed by atoms with van der Waals surface area (Å²) < 4.78 is 0. The largest absolute Gasteiger partial charge is 0.139 e. The summed E-state index contributed by atoms with van der Waals surface area (Å²) in [5, 5.41) is 1.75. The summed E-state index contributed by atoms with van der Waals surface area (Å²) in [7, 11) is 1.95. The second-order valence-corrected chi connectivity index (χ2v) is 14.6. The van der Waals surface area contributed by atoms with Crippen LogP contribution in [0.1, 0.15) is 143 Å². The van der Waals surface area contributed by atoms with Crippen molar-refractivity contribution in [2.75, 3.05) is 0 Å². The van der Waals surface area contributed by atoms with Gasteiger partial charge in [-0.2, -0.15) is 0 Å². The molecular formula is C34H58Fe3P2. The van der Waals surface area contributed by atoms with E-state index in [-0.39, 0.29) is 51.2 Å². The van der Waals surface area contributed by atoms with Gasteiger partial charge in [-0.1, -0.05) is 109 Å². The van der Waals surface area contributed by atoms with Crippen LogP contribution < -0.4 is 0 Å². The molecule has 0 nitrogen and oxygen atoms in total. The zero-order valence-corrected chi connectivity index (χ0v) is 30.8. The summed E-state index contributed by atoms with van der Waals surface area (Å²) in [5.74, 6) is 10.3. The van der Waals surface area contributed by atoms with Crippen LogP contribution in [0.25, 0.3) is 0 Å². The van der Waals surface area contributed by atoms with E-state index < -0.39 is 0 Å². The molecule has 4 fully saturated rings. The minimum atomic E-state index is 0. The first-order valence-electron chi connectivity index (χ1n) is 15.8. The smallest absolute Gasteiger partial charge is 0 e. The molecule has 0 aliphatic heterocycles. The molecule has 0 saturated heterocycles. The SMILES string of the molecule is C1CCC(CC2CCCC2)C1.C1CCCC1.Cc1c[pH]c(CC2CCCC2)c1C.Cc1c[pH]cc1C.[Fe].[Fe].[Fe]. The van der Waals surface area contributed by atoms with Crippen molar-refractivity contribution >= 4 is 16.4 Å². The summed E-state index contributed by atoms with van der Waals surface area (Å²) in [6.07, 6.45) is 28.7. The van der Waals surface area contributed by atoms with E-state index >= 15 is 0 Å². The Morgan fingerprint density at radius 2 is 0.897 bits per heavy atom. The molecule has 4 saturated carbocycles. The molecule has 1 atom stereocenters. The Morgan fingerprint density at radius 3 is 1.21 bits per heavy atom. The van der Waals surface area contributed by atoms with E-state index in [1.54, 1.807) is 43.0 Å². The molecule has 4 aliphatic rings. The maximum atomic E-state index is 2.42. The summed E-state index contributed by atoms with van der Waals surface area (Å²) >= 11 is 0. The molecule has 39 heavy (non-hydrogen) atoms. The minimum Gasteiger partial charge on any atom is -0.139 e. The first-order chi connectivity index (χ1) is 17.5. The fourth-order valence-electron chi connectivity index (χ4n) is 6.73. The summed E-state index contributed by atoms with van der Waals surface area (Å²) in [4.78, 5) is 0. The van der Waals surface area contributed by atoms with Gasteiger partial charge in [0.05, 0.1) is 0 Å². The van der Waals surface area contributed by atoms with Gasteiger partial charge in [-0.15, -0.1) is 16.4 Å². The Morgan fingerprint density at radius 1 is 0.513 bits per heavy atom. The van der Waals surface area contributed by atoms with Gasteiger partial charge in [0.15, 0.2) is 0 Å². The Bertz CT molecular complexity index is 783. The summed E-state index contributed by atoms with van der Waals surface area (Å²) in [6, 6.07) is 0. The van der Waals surface area contributed by atoms with Crippen molar-refractivity contribution in [3.05, 3.63) is 44.9 Å². The Labute approximate surface area is 278 Å². The average molecular weight is 696 g/mol. The van der Waals surface area contributed by atoms with Crippen LogP contribution in [0.4, 0.5) is 0 Å². The van der Waals surface area contributed by atoms with E-state index in [9.17, 15) is 0 Å². The molecule has 0 bridgehead atoms. The molecule has 0 aromatic carbocycles. The summed E-state index contributed by atoms with van der Waals surface area (Å²) in [6.45, 7) is 8.87. The molecule has 2 aromatic heterocycles. The van der Waals surface area contributed by atoms with Gasteiger partial charge >= 0.3 is 0 Å². The van der Waals surface area contributed by atoms with Crippen molar-refractivity contribution in [3.8, 4) is 0 Å². The van der Waals surface area contributed by atoms with E-state index in [4.69, 9.17) is 0 Å². The van der Waals surface area contributed by atoms with Gasteiger partial charge in [0.1, 0.15) is 0 Å². The van der Waals surface area contributed by atoms with Crippen LogP contribution in [0.15, 0.2) is 17.4 Å². The molecule has 2 heterocycles. The number of aryl methyl sites for hydroxylation is 3. The average Bonchev–Trinajstić information content (AvgIpc) is 3.71. The van der Waals surface area contributed by atoms with Gasteiger partial charge in [0.25, 0.3) is 0 Å². The Hall–Kier alpha value is 1.12. The monoisotopic (exact) mass is 696 g/mol. The zero-order chi connectivity index (χ0) is 25.6. The molecule has 2 aromatic rings. The maximum Gasteiger partial charge on any atom is 0 e. The Balaban J connectivity index is 0.000000506. The molecule has 0 amide bonds. The van der Waals surface area contributed by atoms with E-state index in [1.807, 2.05) is 0 Å². The molecular weight excluding hydrogens is 638 g/mol. The van der Waals surface area contributed by atoms with Crippen LogP contribution in [-0.2, 0) is 57.6 Å². The second-order valence-electron chi connectivity index (χ2n) is 12.6. The van der Waals surface area contributed by atoms with Crippen LogP contribution in [0, 0.1) is 45.4 Å². The summed E-state index contributed by atoms with van der Waals surface area (Å²) in [5.41, 5.74) is 6.05. The first kappa shape index (κ1) is 40.1. The van der Waals surface area contributed by atoms with Crippen molar-refractivity contribution in [1.82, 2.24) is 0 Å². The van der Waals surface area contributed by atoms with Crippen LogP contribution in [0.5, 0.6) is 0 Å². The van der Waals surface area contributed by atoms with Crippen molar-refractivity contribution in [1.29, 1.82) is 0 Å². The molecule has 228 valence electrons. The third-order valence-corrected chi connectivity index (χ3v) is 12.3. The van der Waals surface area contributed by atoms with Gasteiger partial charge in [0, 0.05) is 51.2 Å². The Kier molecular flexibility index (Phi) is 24.2. The number of hydrogen-bond acceptors (Lipinski definition) is 0. The van der Waals surface area contributed by atoms with E-state index in [0.717, 1.165) is 34.1 Å². The van der Waals surface area contributed by atoms with Gasteiger partial charge in [-0.3, -0.25) is 0 Å². The quantitative estimate of drug-likeness (QED) is 0.279. The first-order valence-corrected chi connectivity index (χ1v) is 18.0. The van der Waals surface area contributed by atoms with Gasteiger partial charge < -0.3 is 0 Å². The van der Waals surface area contributed by atoms with E-state index in [0.29, 0.717) is 0 Å². The van der Waals surface area contributed by atoms with Crippen molar-refractivity contribution in [2.45, 2.75) is 150 Å². The molecule has 6 rings (SSSR count). The topological polar surface area (TPSA) is 0 Å². The molecule has 0 N–H and O–H groups in total. The van der Waals surface area contributed by atoms with E-state index in [1.165, 1.54) is 107 Å². The van der Waals surface area contributed by atoms with Gasteiger partial charge in [-0.25, -0.2) is 0 Å². The standard InChI is InChI=1S/C12H19P.C11H20.C6H9P.C5H10.3Fe/c1-9-8-13-12(10(9)2)7-11-5-3-4-6-11;1-2-6-10(5-1)9-11-7-3-4-8-11;1-5-3-7-4-6(5)2;1-2-4-5-3-1;;;/h8,11,13H,3-7H2,1-2H3;10-11H,1-9H2;3-4,7H,1-2H3;1-5H2;;;. The van der Waals surface area contributed by atoms with E-state index in [2.05, 4.69) is 45.1 Å². The predicted octanol–water partition coefficient (Wildman–Crippen LogP) is 12.1. The molecule has 0 radical (unpaired) electrons. The van der Waals surface area contributed by atoms with Crippen molar-refractivity contribution in [3.63, 3.8) is 0 Å². The zero-order valence-electron chi connectivity index (χ0n) is 25.5. The fourth-order valence-corrected chi connectivity index (χ4v) is 9.20. The minimum absolute atomic E-state index is 0. The molecule has 4 aliphatic carbocycles. The fraction of sp³-hybridized carbons (Fsp3) is 0.765. The third-order valence-electron chi connectivity index (χ3n) is 9.56. The van der Waals surface area contributed by atoms with Crippen LogP contribution >= 0.6 is 16.4 Å². The van der Waals surface area contributed by atoms with Crippen LogP contribution in [-0.4, -0.2) is 0 Å². The second kappa shape index (κ2) is 23.6. The number of hydrogen-bond donors (Lipinski definition) is 0. The van der Waals surface area contributed by atoms with Crippen LogP contribution in [0.3, 0.4) is 0 Å². The molecule has 5 heteroatoms. The maximum absolute atomic E-state index is 2.42. The number of rotatable bonds is 4. The third kappa shape index (κ3) is 16.0. The van der Waals surface area contributed by atoms with Gasteiger partial charge in [-0.05, 0) is 103 Å².